The van der Waals surface area contributed by atoms with Crippen LogP contribution in [0.15, 0.2) is 59.5 Å². The minimum atomic E-state index is -0.123. The number of ether oxygens (including phenoxy) is 1. The summed E-state index contributed by atoms with van der Waals surface area (Å²) in [5.41, 5.74) is 2.63. The number of para-hydroxylation sites is 1. The fourth-order valence-electron chi connectivity index (χ4n) is 3.77. The highest BCUT2D eigenvalue weighted by molar-refractivity contribution is 5.48. The average Bonchev–Trinajstić information content (AvgIpc) is 2.75. The Balaban J connectivity index is 1.45. The van der Waals surface area contributed by atoms with Crippen LogP contribution < -0.4 is 10.3 Å². The second-order valence-corrected chi connectivity index (χ2v) is 7.10. The lowest BCUT2D eigenvalue weighted by Gasteiger charge is -2.32. The molecule has 3 aromatic rings. The van der Waals surface area contributed by atoms with Gasteiger partial charge in [-0.25, -0.2) is 4.98 Å². The Morgan fingerprint density at radius 3 is 2.68 bits per heavy atom. The molecule has 2 aromatic heterocycles. The molecule has 0 spiro atoms. The van der Waals surface area contributed by atoms with Gasteiger partial charge in [0.15, 0.2) is 5.82 Å². The number of nitrogens with zero attached hydrogens (tertiary/aromatic N) is 3. The molecule has 144 valence electrons. The lowest BCUT2D eigenvalue weighted by Crippen LogP contribution is -2.33. The van der Waals surface area contributed by atoms with Crippen molar-refractivity contribution in [2.24, 2.45) is 0 Å². The van der Waals surface area contributed by atoms with Crippen LogP contribution in [-0.2, 0) is 6.54 Å². The van der Waals surface area contributed by atoms with E-state index in [1.54, 1.807) is 19.4 Å². The third-order valence-corrected chi connectivity index (χ3v) is 5.26. The first kappa shape index (κ1) is 18.4. The van der Waals surface area contributed by atoms with Gasteiger partial charge in [-0.2, -0.15) is 0 Å². The number of aromatic amines is 1. The van der Waals surface area contributed by atoms with Gasteiger partial charge in [0.2, 0.25) is 0 Å². The van der Waals surface area contributed by atoms with E-state index in [9.17, 15) is 4.79 Å². The summed E-state index contributed by atoms with van der Waals surface area (Å²) in [5, 5.41) is 0. The standard InChI is InChI=1S/C22H24N4O2/c1-28-20-8-3-2-6-17(20)15-26-12-9-16(10-13-26)19-14-21(27)25-22(24-19)18-7-4-5-11-23-18/h2-8,11,14,16H,9-10,12-13,15H2,1H3,(H,24,25,27). The number of benzene rings is 1. The van der Waals surface area contributed by atoms with Crippen molar-refractivity contribution in [3.8, 4) is 17.3 Å². The first-order valence-electron chi connectivity index (χ1n) is 9.60. The molecule has 1 aliphatic heterocycles. The molecule has 4 rings (SSSR count). The summed E-state index contributed by atoms with van der Waals surface area (Å²) in [6, 6.07) is 15.4. The molecule has 3 heterocycles. The van der Waals surface area contributed by atoms with Crippen molar-refractivity contribution in [3.63, 3.8) is 0 Å². The summed E-state index contributed by atoms with van der Waals surface area (Å²) in [4.78, 5) is 26.4. The SMILES string of the molecule is COc1ccccc1CN1CCC(c2cc(=O)[nH]c(-c3ccccn3)n2)CC1. The lowest BCUT2D eigenvalue weighted by molar-refractivity contribution is 0.201. The second kappa shape index (κ2) is 8.35. The molecule has 1 saturated heterocycles. The Bertz CT molecular complexity index is 979. The number of aromatic nitrogens is 3. The number of hydrogen-bond acceptors (Lipinski definition) is 5. The molecule has 0 saturated carbocycles. The van der Waals surface area contributed by atoms with Gasteiger partial charge in [0.25, 0.3) is 5.56 Å². The highest BCUT2D eigenvalue weighted by atomic mass is 16.5. The van der Waals surface area contributed by atoms with Crippen LogP contribution >= 0.6 is 0 Å². The van der Waals surface area contributed by atoms with Crippen molar-refractivity contribution in [1.29, 1.82) is 0 Å². The number of likely N-dealkylation sites (tertiary alicyclic amines) is 1. The first-order chi connectivity index (χ1) is 13.7. The predicted octanol–water partition coefficient (Wildman–Crippen LogP) is 3.22. The third kappa shape index (κ3) is 4.12. The van der Waals surface area contributed by atoms with Gasteiger partial charge >= 0.3 is 0 Å². The number of nitrogens with one attached hydrogen (secondary N) is 1. The quantitative estimate of drug-likeness (QED) is 0.740. The molecule has 0 amide bonds. The van der Waals surface area contributed by atoms with E-state index in [-0.39, 0.29) is 5.56 Å². The van der Waals surface area contributed by atoms with Gasteiger partial charge in [-0.15, -0.1) is 0 Å². The van der Waals surface area contributed by atoms with E-state index in [2.05, 4.69) is 20.9 Å². The maximum Gasteiger partial charge on any atom is 0.251 e. The van der Waals surface area contributed by atoms with Crippen molar-refractivity contribution in [2.45, 2.75) is 25.3 Å². The molecule has 1 aromatic carbocycles. The number of H-pyrrole nitrogens is 1. The average molecular weight is 376 g/mol. The number of methoxy groups -OCH3 is 1. The first-order valence-corrected chi connectivity index (χ1v) is 9.60. The molecule has 1 N–H and O–H groups in total. The zero-order valence-electron chi connectivity index (χ0n) is 16.0. The minimum Gasteiger partial charge on any atom is -0.496 e. The summed E-state index contributed by atoms with van der Waals surface area (Å²) in [6.45, 7) is 2.81. The zero-order chi connectivity index (χ0) is 19.3. The maximum absolute atomic E-state index is 12.2. The predicted molar refractivity (Wildman–Crippen MR) is 108 cm³/mol. The molecule has 1 aliphatic rings. The van der Waals surface area contributed by atoms with Gasteiger partial charge in [-0.1, -0.05) is 24.3 Å². The van der Waals surface area contributed by atoms with Gasteiger partial charge in [-0.05, 0) is 44.1 Å². The largest absolute Gasteiger partial charge is 0.496 e. The molecule has 0 unspecified atom stereocenters. The van der Waals surface area contributed by atoms with E-state index < -0.39 is 0 Å². The van der Waals surface area contributed by atoms with E-state index in [1.165, 1.54) is 5.56 Å². The van der Waals surface area contributed by atoms with Gasteiger partial charge in [0.05, 0.1) is 12.8 Å². The topological polar surface area (TPSA) is 71.1 Å². The summed E-state index contributed by atoms with van der Waals surface area (Å²) < 4.78 is 5.46. The van der Waals surface area contributed by atoms with E-state index >= 15 is 0 Å². The molecule has 0 atom stereocenters. The Hall–Kier alpha value is -2.99. The van der Waals surface area contributed by atoms with Gasteiger partial charge < -0.3 is 9.72 Å². The number of pyridine rings is 1. The second-order valence-electron chi connectivity index (χ2n) is 7.10. The smallest absolute Gasteiger partial charge is 0.251 e. The van der Waals surface area contributed by atoms with E-state index in [1.807, 2.05) is 36.4 Å². The van der Waals surface area contributed by atoms with Crippen molar-refractivity contribution in [3.05, 3.63) is 76.3 Å². The number of rotatable bonds is 5. The van der Waals surface area contributed by atoms with Crippen LogP contribution in [0.4, 0.5) is 0 Å². The summed E-state index contributed by atoms with van der Waals surface area (Å²) in [7, 11) is 1.71. The fourth-order valence-corrected chi connectivity index (χ4v) is 3.77. The molecule has 28 heavy (non-hydrogen) atoms. The van der Waals surface area contributed by atoms with E-state index in [4.69, 9.17) is 9.72 Å². The van der Waals surface area contributed by atoms with Crippen LogP contribution in [0.25, 0.3) is 11.5 Å². The molecule has 1 fully saturated rings. The van der Waals surface area contributed by atoms with Gasteiger partial charge in [-0.3, -0.25) is 14.7 Å². The lowest BCUT2D eigenvalue weighted by atomic mass is 9.93. The molecule has 6 heteroatoms. The minimum absolute atomic E-state index is 0.123. The molecule has 0 bridgehead atoms. The van der Waals surface area contributed by atoms with E-state index in [0.717, 1.165) is 43.9 Å². The maximum atomic E-state index is 12.2. The summed E-state index contributed by atoms with van der Waals surface area (Å²) >= 11 is 0. The summed E-state index contributed by atoms with van der Waals surface area (Å²) in [5.74, 6) is 1.76. The Labute approximate surface area is 164 Å². The normalized spacial score (nSPS) is 15.5. The van der Waals surface area contributed by atoms with E-state index in [0.29, 0.717) is 17.4 Å². The molecule has 0 radical (unpaired) electrons. The fraction of sp³-hybridized carbons (Fsp3) is 0.318. The Morgan fingerprint density at radius 2 is 1.93 bits per heavy atom. The van der Waals surface area contributed by atoms with Crippen molar-refractivity contribution in [1.82, 2.24) is 19.9 Å². The van der Waals surface area contributed by atoms with Crippen LogP contribution in [0, 0.1) is 0 Å². The molecule has 0 aliphatic carbocycles. The Kier molecular flexibility index (Phi) is 5.48. The number of hydrogen-bond donors (Lipinski definition) is 1. The number of piperidine rings is 1. The molecule has 6 nitrogen and oxygen atoms in total. The molecular weight excluding hydrogens is 352 g/mol. The van der Waals surface area contributed by atoms with Gasteiger partial charge in [0.1, 0.15) is 11.4 Å². The zero-order valence-corrected chi connectivity index (χ0v) is 16.0. The van der Waals surface area contributed by atoms with Gasteiger partial charge in [0, 0.05) is 30.3 Å². The van der Waals surface area contributed by atoms with Crippen LogP contribution in [0.2, 0.25) is 0 Å². The van der Waals surface area contributed by atoms with Crippen LogP contribution in [0.1, 0.15) is 30.0 Å². The van der Waals surface area contributed by atoms with Crippen molar-refractivity contribution < 1.29 is 4.74 Å². The van der Waals surface area contributed by atoms with Crippen LogP contribution in [-0.4, -0.2) is 40.1 Å². The van der Waals surface area contributed by atoms with Crippen molar-refractivity contribution >= 4 is 0 Å². The summed E-state index contributed by atoms with van der Waals surface area (Å²) in [6.07, 6.45) is 3.67. The highest BCUT2D eigenvalue weighted by Crippen LogP contribution is 2.29. The Morgan fingerprint density at radius 1 is 1.14 bits per heavy atom. The molecular formula is C22H24N4O2. The van der Waals surface area contributed by atoms with Crippen LogP contribution in [0.5, 0.6) is 5.75 Å². The monoisotopic (exact) mass is 376 g/mol. The van der Waals surface area contributed by atoms with Crippen LogP contribution in [0.3, 0.4) is 0 Å². The third-order valence-electron chi connectivity index (χ3n) is 5.26. The highest BCUT2D eigenvalue weighted by Gasteiger charge is 2.23. The van der Waals surface area contributed by atoms with Crippen molar-refractivity contribution in [2.75, 3.05) is 20.2 Å².